The van der Waals surface area contributed by atoms with Crippen molar-refractivity contribution in [2.75, 3.05) is 0 Å². The van der Waals surface area contributed by atoms with Crippen LogP contribution in [-0.4, -0.2) is 5.91 Å². The molecule has 3 nitrogen and oxygen atoms in total. The van der Waals surface area contributed by atoms with E-state index in [1.807, 2.05) is 13.8 Å². The van der Waals surface area contributed by atoms with Gasteiger partial charge in [0.25, 0.3) is 0 Å². The predicted molar refractivity (Wildman–Crippen MR) is 73.0 cm³/mol. The maximum Gasteiger partial charge on any atom is 0.229 e. The summed E-state index contributed by atoms with van der Waals surface area (Å²) in [5.41, 5.74) is -0.427. The van der Waals surface area contributed by atoms with Crippen LogP contribution in [0.15, 0.2) is 20.8 Å². The molecular formula is C11H10Cl4N2O. The third-order valence-electron chi connectivity index (χ3n) is 3.05. The Morgan fingerprint density at radius 3 is 2.28 bits per heavy atom. The standard InChI is InChI=1S/C11H10Cl4N2O/c1-11(2)5(3-7(12)13)8(11)10(18)17-6(4-16)9(14)15/h3,5,8H,1-2H3,(H,17,18)/t5-,8-/m1/s1. The smallest absolute Gasteiger partial charge is 0.229 e. The Balaban J connectivity index is 2.80. The number of allylic oxidation sites excluding steroid dienone is 2. The van der Waals surface area contributed by atoms with Gasteiger partial charge < -0.3 is 5.32 Å². The van der Waals surface area contributed by atoms with Gasteiger partial charge >= 0.3 is 0 Å². The van der Waals surface area contributed by atoms with Crippen LogP contribution in [0.3, 0.4) is 0 Å². The lowest BCUT2D eigenvalue weighted by Gasteiger charge is -2.04. The Labute approximate surface area is 125 Å². The van der Waals surface area contributed by atoms with Gasteiger partial charge in [-0.2, -0.15) is 5.26 Å². The fourth-order valence-corrected chi connectivity index (χ4v) is 2.39. The molecule has 0 spiro atoms. The first-order valence-electron chi connectivity index (χ1n) is 5.01. The van der Waals surface area contributed by atoms with Crippen molar-refractivity contribution in [3.63, 3.8) is 0 Å². The van der Waals surface area contributed by atoms with Gasteiger partial charge in [-0.25, -0.2) is 0 Å². The van der Waals surface area contributed by atoms with Crippen molar-refractivity contribution in [3.8, 4) is 6.07 Å². The fraction of sp³-hybridized carbons (Fsp3) is 0.455. The Hall–Kier alpha value is -0.400. The van der Waals surface area contributed by atoms with Crippen molar-refractivity contribution in [1.29, 1.82) is 5.26 Å². The summed E-state index contributed by atoms with van der Waals surface area (Å²) in [6.07, 6.45) is 1.62. The first-order valence-corrected chi connectivity index (χ1v) is 6.52. The summed E-state index contributed by atoms with van der Waals surface area (Å²) >= 11 is 22.1. The maximum absolute atomic E-state index is 12.0. The van der Waals surface area contributed by atoms with Gasteiger partial charge in [0.15, 0.2) is 5.70 Å². The third-order valence-corrected chi connectivity index (χ3v) is 3.68. The van der Waals surface area contributed by atoms with Crippen LogP contribution in [0.4, 0.5) is 0 Å². The van der Waals surface area contributed by atoms with Crippen molar-refractivity contribution in [1.82, 2.24) is 5.32 Å². The van der Waals surface area contributed by atoms with Crippen molar-refractivity contribution in [3.05, 3.63) is 20.8 Å². The first kappa shape index (κ1) is 15.7. The zero-order valence-electron chi connectivity index (χ0n) is 9.60. The van der Waals surface area contributed by atoms with Crippen LogP contribution < -0.4 is 5.32 Å². The van der Waals surface area contributed by atoms with E-state index in [1.54, 1.807) is 12.1 Å². The molecule has 0 aromatic heterocycles. The summed E-state index contributed by atoms with van der Waals surface area (Å²) in [5, 5.41) is 11.1. The summed E-state index contributed by atoms with van der Waals surface area (Å²) in [4.78, 5) is 12.0. The SMILES string of the molecule is CC1(C)[C@H](C=C(Cl)Cl)[C@@H]1C(=O)NC(C#N)=C(Cl)Cl. The van der Waals surface area contributed by atoms with E-state index in [1.165, 1.54) is 0 Å². The lowest BCUT2D eigenvalue weighted by atomic mass is 10.1. The van der Waals surface area contributed by atoms with Crippen molar-refractivity contribution >= 4 is 52.3 Å². The van der Waals surface area contributed by atoms with Crippen LogP contribution in [-0.2, 0) is 4.79 Å². The van der Waals surface area contributed by atoms with Gasteiger partial charge in [0.05, 0.1) is 5.92 Å². The molecule has 1 fully saturated rings. The maximum atomic E-state index is 12.0. The van der Waals surface area contributed by atoms with Gasteiger partial charge in [-0.05, 0) is 17.4 Å². The molecule has 1 amide bonds. The van der Waals surface area contributed by atoms with Crippen LogP contribution in [0, 0.1) is 28.6 Å². The second kappa shape index (κ2) is 5.71. The molecule has 0 aromatic rings. The summed E-state index contributed by atoms with van der Waals surface area (Å²) < 4.78 is -0.151. The Morgan fingerprint density at radius 2 is 1.89 bits per heavy atom. The lowest BCUT2D eigenvalue weighted by Crippen LogP contribution is -2.26. The predicted octanol–water partition coefficient (Wildman–Crippen LogP) is 3.86. The van der Waals surface area contributed by atoms with Gasteiger partial charge in [-0.1, -0.05) is 60.3 Å². The highest BCUT2D eigenvalue weighted by molar-refractivity contribution is 6.56. The number of hydrogen-bond acceptors (Lipinski definition) is 2. The molecule has 0 radical (unpaired) electrons. The normalized spacial score (nSPS) is 23.6. The van der Waals surface area contributed by atoms with Gasteiger partial charge in [-0.3, -0.25) is 4.79 Å². The molecule has 0 saturated heterocycles. The number of nitrogens with one attached hydrogen (secondary N) is 1. The third kappa shape index (κ3) is 3.33. The van der Waals surface area contributed by atoms with Crippen molar-refractivity contribution in [2.45, 2.75) is 13.8 Å². The van der Waals surface area contributed by atoms with E-state index in [9.17, 15) is 4.79 Å². The zero-order valence-corrected chi connectivity index (χ0v) is 12.6. The van der Waals surface area contributed by atoms with Crippen LogP contribution >= 0.6 is 46.4 Å². The molecule has 0 bridgehead atoms. The molecule has 1 saturated carbocycles. The summed E-state index contributed by atoms with van der Waals surface area (Å²) in [6, 6.07) is 1.71. The largest absolute Gasteiger partial charge is 0.315 e. The number of nitrogens with zero attached hydrogens (tertiary/aromatic N) is 1. The van der Waals surface area contributed by atoms with Crippen molar-refractivity contribution in [2.24, 2.45) is 17.3 Å². The van der Waals surface area contributed by atoms with Gasteiger partial charge in [0.1, 0.15) is 15.1 Å². The fourth-order valence-electron chi connectivity index (χ4n) is 1.94. The number of nitriles is 1. The minimum atomic E-state index is -0.328. The van der Waals surface area contributed by atoms with E-state index in [-0.39, 0.29) is 37.8 Å². The van der Waals surface area contributed by atoms with E-state index in [0.29, 0.717) is 0 Å². The topological polar surface area (TPSA) is 52.9 Å². The second-order valence-electron chi connectivity index (χ2n) is 4.52. The number of carbonyl (C=O) groups excluding carboxylic acids is 1. The average Bonchev–Trinajstić information content (AvgIpc) is 2.75. The van der Waals surface area contributed by atoms with Gasteiger partial charge in [0.2, 0.25) is 5.91 Å². The molecule has 2 atom stereocenters. The van der Waals surface area contributed by atoms with E-state index in [2.05, 4.69) is 5.32 Å². The molecule has 18 heavy (non-hydrogen) atoms. The number of amides is 1. The summed E-state index contributed by atoms with van der Waals surface area (Å²) in [7, 11) is 0. The molecule has 1 aliphatic rings. The highest BCUT2D eigenvalue weighted by Gasteiger charge is 2.60. The molecule has 1 N–H and O–H groups in total. The summed E-state index contributed by atoms with van der Waals surface area (Å²) in [6.45, 7) is 3.82. The number of hydrogen-bond donors (Lipinski definition) is 1. The number of rotatable bonds is 3. The molecule has 98 valence electrons. The Bertz CT molecular complexity index is 468. The van der Waals surface area contributed by atoms with Crippen LogP contribution in [0.1, 0.15) is 13.8 Å². The lowest BCUT2D eigenvalue weighted by molar-refractivity contribution is -0.122. The molecule has 1 rings (SSSR count). The monoisotopic (exact) mass is 326 g/mol. The molecule has 0 unspecified atom stereocenters. The van der Waals surface area contributed by atoms with Gasteiger partial charge in [0, 0.05) is 0 Å². The highest BCUT2D eigenvalue weighted by atomic mass is 35.5. The van der Waals surface area contributed by atoms with Crippen LogP contribution in [0.5, 0.6) is 0 Å². The number of carbonyl (C=O) groups is 1. The van der Waals surface area contributed by atoms with E-state index >= 15 is 0 Å². The Kier molecular flexibility index (Phi) is 4.97. The van der Waals surface area contributed by atoms with E-state index < -0.39 is 0 Å². The average molecular weight is 328 g/mol. The molecular weight excluding hydrogens is 318 g/mol. The zero-order chi connectivity index (χ0) is 14.1. The summed E-state index contributed by atoms with van der Waals surface area (Å²) in [5.74, 6) is -0.719. The highest BCUT2D eigenvalue weighted by Crippen LogP contribution is 2.59. The van der Waals surface area contributed by atoms with Crippen LogP contribution in [0.2, 0.25) is 0 Å². The quantitative estimate of drug-likeness (QED) is 0.800. The van der Waals surface area contributed by atoms with E-state index in [0.717, 1.165) is 0 Å². The molecule has 0 aliphatic heterocycles. The first-order chi connectivity index (χ1) is 8.21. The van der Waals surface area contributed by atoms with Crippen molar-refractivity contribution < 1.29 is 4.79 Å². The second-order valence-corrected chi connectivity index (χ2v) is 6.47. The molecule has 0 aromatic carbocycles. The van der Waals surface area contributed by atoms with Crippen LogP contribution in [0.25, 0.3) is 0 Å². The molecule has 1 aliphatic carbocycles. The minimum Gasteiger partial charge on any atom is -0.315 e. The minimum absolute atomic E-state index is 0.0726. The molecule has 0 heterocycles. The number of halogens is 4. The Morgan fingerprint density at radius 1 is 1.33 bits per heavy atom. The van der Waals surface area contributed by atoms with Gasteiger partial charge in [-0.15, -0.1) is 0 Å². The van der Waals surface area contributed by atoms with E-state index in [4.69, 9.17) is 51.7 Å². The molecule has 7 heteroatoms.